The van der Waals surface area contributed by atoms with Crippen molar-refractivity contribution >= 4 is 17.8 Å². The van der Waals surface area contributed by atoms with Gasteiger partial charge in [0.2, 0.25) is 17.8 Å². The fraction of sp³-hybridized carbons (Fsp3) is 0.727. The van der Waals surface area contributed by atoms with Crippen LogP contribution in [-0.2, 0) is 0 Å². The number of piperazine rings is 1. The summed E-state index contributed by atoms with van der Waals surface area (Å²) in [7, 11) is 2.16. The number of nitrogens with one attached hydrogen (secondary N) is 1. The van der Waals surface area contributed by atoms with Gasteiger partial charge in [-0.25, -0.2) is 0 Å². The molecule has 1 aromatic heterocycles. The fourth-order valence-corrected chi connectivity index (χ4v) is 2.06. The molecule has 1 saturated heterocycles. The number of likely N-dealkylation sites (N-methyl/N-ethyl adjacent to an activating group) is 1. The van der Waals surface area contributed by atoms with Gasteiger partial charge in [0, 0.05) is 32.7 Å². The Bertz CT molecular complexity index is 381. The van der Waals surface area contributed by atoms with Crippen LogP contribution in [0.2, 0.25) is 0 Å². The van der Waals surface area contributed by atoms with Gasteiger partial charge in [-0.1, -0.05) is 0 Å². The quantitative estimate of drug-likeness (QED) is 0.587. The fourth-order valence-electron chi connectivity index (χ4n) is 2.06. The largest absolute Gasteiger partial charge is 0.368 e. The van der Waals surface area contributed by atoms with Crippen molar-refractivity contribution in [1.29, 1.82) is 0 Å². The van der Waals surface area contributed by atoms with E-state index in [0.717, 1.165) is 45.7 Å². The lowest BCUT2D eigenvalue weighted by molar-refractivity contribution is 0.154. The molecule has 1 aromatic rings. The van der Waals surface area contributed by atoms with Crippen LogP contribution in [0.5, 0.6) is 0 Å². The normalized spacial score (nSPS) is 17.5. The van der Waals surface area contributed by atoms with E-state index in [-0.39, 0.29) is 11.9 Å². The molecular formula is C11H22N8. The maximum atomic E-state index is 5.50. The van der Waals surface area contributed by atoms with E-state index in [1.54, 1.807) is 0 Å². The van der Waals surface area contributed by atoms with Crippen molar-refractivity contribution in [3.05, 3.63) is 0 Å². The highest BCUT2D eigenvalue weighted by Crippen LogP contribution is 2.04. The Morgan fingerprint density at radius 3 is 2.32 bits per heavy atom. The maximum Gasteiger partial charge on any atom is 0.229 e. The van der Waals surface area contributed by atoms with Gasteiger partial charge in [-0.15, -0.1) is 0 Å². The number of aromatic nitrogens is 3. The van der Waals surface area contributed by atoms with E-state index in [2.05, 4.69) is 37.1 Å². The Morgan fingerprint density at radius 2 is 1.68 bits per heavy atom. The molecule has 2 heterocycles. The summed E-state index contributed by atoms with van der Waals surface area (Å²) in [4.78, 5) is 16.5. The minimum absolute atomic E-state index is 0.147. The molecule has 1 fully saturated rings. The van der Waals surface area contributed by atoms with Gasteiger partial charge in [0.15, 0.2) is 0 Å². The van der Waals surface area contributed by atoms with Gasteiger partial charge < -0.3 is 26.6 Å². The molecule has 0 aromatic carbocycles. The molecule has 0 amide bonds. The summed E-state index contributed by atoms with van der Waals surface area (Å²) in [6.07, 6.45) is 1.04. The number of nitrogen functional groups attached to an aromatic ring is 2. The number of rotatable bonds is 5. The lowest BCUT2D eigenvalue weighted by Crippen LogP contribution is -2.44. The summed E-state index contributed by atoms with van der Waals surface area (Å²) in [5.41, 5.74) is 11.0. The number of hydrogen-bond donors (Lipinski definition) is 3. The van der Waals surface area contributed by atoms with Crippen molar-refractivity contribution in [3.63, 3.8) is 0 Å². The van der Waals surface area contributed by atoms with Gasteiger partial charge in [-0.3, -0.25) is 0 Å². The van der Waals surface area contributed by atoms with Crippen molar-refractivity contribution < 1.29 is 0 Å². The summed E-state index contributed by atoms with van der Waals surface area (Å²) >= 11 is 0. The molecule has 1 aliphatic heterocycles. The molecule has 1 aliphatic rings. The molecule has 0 bridgehead atoms. The summed E-state index contributed by atoms with van der Waals surface area (Å²) < 4.78 is 0. The van der Waals surface area contributed by atoms with Gasteiger partial charge in [-0.2, -0.15) is 15.0 Å². The lowest BCUT2D eigenvalue weighted by Gasteiger charge is -2.32. The van der Waals surface area contributed by atoms with E-state index >= 15 is 0 Å². The van der Waals surface area contributed by atoms with Crippen LogP contribution in [0.25, 0.3) is 0 Å². The summed E-state index contributed by atoms with van der Waals surface area (Å²) in [6, 6.07) is 0. The molecule has 0 unspecified atom stereocenters. The van der Waals surface area contributed by atoms with Crippen LogP contribution in [-0.4, -0.2) is 71.1 Å². The SMILES string of the molecule is CN1CCN(CCCNc2nc(N)nc(N)n2)CC1. The van der Waals surface area contributed by atoms with Crippen LogP contribution in [0, 0.1) is 0 Å². The van der Waals surface area contributed by atoms with E-state index < -0.39 is 0 Å². The van der Waals surface area contributed by atoms with Crippen molar-refractivity contribution in [2.45, 2.75) is 6.42 Å². The van der Waals surface area contributed by atoms with E-state index in [1.807, 2.05) is 0 Å². The zero-order chi connectivity index (χ0) is 13.7. The minimum Gasteiger partial charge on any atom is -0.368 e. The zero-order valence-electron chi connectivity index (χ0n) is 11.3. The topological polar surface area (TPSA) is 109 Å². The summed E-state index contributed by atoms with van der Waals surface area (Å²) in [5.74, 6) is 0.742. The monoisotopic (exact) mass is 266 g/mol. The van der Waals surface area contributed by atoms with E-state index in [1.165, 1.54) is 0 Å². The third-order valence-corrected chi connectivity index (χ3v) is 3.20. The third-order valence-electron chi connectivity index (χ3n) is 3.20. The third kappa shape index (κ3) is 4.49. The average Bonchev–Trinajstić information content (AvgIpc) is 2.36. The van der Waals surface area contributed by atoms with E-state index in [9.17, 15) is 0 Å². The number of anilines is 3. The Hall–Kier alpha value is -1.67. The second-order valence-electron chi connectivity index (χ2n) is 4.80. The van der Waals surface area contributed by atoms with Gasteiger partial charge in [0.25, 0.3) is 0 Å². The molecule has 0 spiro atoms. The second-order valence-corrected chi connectivity index (χ2v) is 4.80. The Kier molecular flexibility index (Phi) is 4.69. The van der Waals surface area contributed by atoms with Crippen molar-refractivity contribution in [2.75, 3.05) is 63.1 Å². The Balaban J connectivity index is 1.66. The standard InChI is InChI=1S/C11H22N8/c1-18-5-7-19(8-6-18)4-2-3-14-11-16-9(12)15-10(13)17-11/h2-8H2,1H3,(H5,12,13,14,15,16,17). The van der Waals surface area contributed by atoms with Crippen LogP contribution in [0.4, 0.5) is 17.8 Å². The first-order chi connectivity index (χ1) is 9.13. The molecule has 2 rings (SSSR count). The van der Waals surface area contributed by atoms with Crippen molar-refractivity contribution in [2.24, 2.45) is 0 Å². The summed E-state index contributed by atoms with van der Waals surface area (Å²) in [5, 5.41) is 3.12. The second kappa shape index (κ2) is 6.48. The molecule has 0 saturated carbocycles. The van der Waals surface area contributed by atoms with Gasteiger partial charge in [-0.05, 0) is 20.0 Å². The molecule has 8 heteroatoms. The van der Waals surface area contributed by atoms with Crippen LogP contribution in [0.15, 0.2) is 0 Å². The van der Waals surface area contributed by atoms with Gasteiger partial charge in [0.1, 0.15) is 0 Å². The van der Waals surface area contributed by atoms with Crippen molar-refractivity contribution in [3.8, 4) is 0 Å². The highest BCUT2D eigenvalue weighted by Gasteiger charge is 2.12. The molecular weight excluding hydrogens is 244 g/mol. The van der Waals surface area contributed by atoms with Crippen molar-refractivity contribution in [1.82, 2.24) is 24.8 Å². The molecule has 0 atom stereocenters. The highest BCUT2D eigenvalue weighted by atomic mass is 15.2. The average molecular weight is 266 g/mol. The first kappa shape index (κ1) is 13.8. The van der Waals surface area contributed by atoms with Crippen LogP contribution >= 0.6 is 0 Å². The molecule has 0 aliphatic carbocycles. The molecule has 5 N–H and O–H groups in total. The Morgan fingerprint density at radius 1 is 1.05 bits per heavy atom. The zero-order valence-corrected chi connectivity index (χ0v) is 11.3. The minimum atomic E-state index is 0.147. The first-order valence-electron chi connectivity index (χ1n) is 6.55. The molecule has 0 radical (unpaired) electrons. The van der Waals surface area contributed by atoms with E-state index in [0.29, 0.717) is 5.95 Å². The van der Waals surface area contributed by atoms with Gasteiger partial charge >= 0.3 is 0 Å². The maximum absolute atomic E-state index is 5.50. The number of nitrogens with zero attached hydrogens (tertiary/aromatic N) is 5. The van der Waals surface area contributed by atoms with Crippen LogP contribution < -0.4 is 16.8 Å². The van der Waals surface area contributed by atoms with Crippen LogP contribution in [0.3, 0.4) is 0 Å². The highest BCUT2D eigenvalue weighted by molar-refractivity contribution is 5.36. The predicted molar refractivity (Wildman–Crippen MR) is 75.7 cm³/mol. The Labute approximate surface area is 113 Å². The summed E-state index contributed by atoms with van der Waals surface area (Å²) in [6.45, 7) is 6.46. The number of hydrogen-bond acceptors (Lipinski definition) is 8. The molecule has 8 nitrogen and oxygen atoms in total. The van der Waals surface area contributed by atoms with Crippen LogP contribution in [0.1, 0.15) is 6.42 Å². The number of nitrogens with two attached hydrogens (primary N) is 2. The smallest absolute Gasteiger partial charge is 0.229 e. The first-order valence-corrected chi connectivity index (χ1v) is 6.55. The van der Waals surface area contributed by atoms with Gasteiger partial charge in [0.05, 0.1) is 0 Å². The predicted octanol–water partition coefficient (Wildman–Crippen LogP) is -0.915. The molecule has 106 valence electrons. The lowest BCUT2D eigenvalue weighted by atomic mass is 10.3. The van der Waals surface area contributed by atoms with E-state index in [4.69, 9.17) is 11.5 Å². The molecule has 19 heavy (non-hydrogen) atoms.